The smallest absolute Gasteiger partial charge is 0.257 e. The molecule has 0 radical (unpaired) electrons. The molecule has 5 rings (SSSR count). The molecular weight excluding hydrogens is 456 g/mol. The molecule has 8 nitrogen and oxygen atoms in total. The van der Waals surface area contributed by atoms with Crippen LogP contribution in [0.15, 0.2) is 42.7 Å². The quantitative estimate of drug-likeness (QED) is 0.535. The van der Waals surface area contributed by atoms with E-state index in [0.717, 1.165) is 44.3 Å². The minimum absolute atomic E-state index is 0.00405. The second-order valence-corrected chi connectivity index (χ2v) is 9.96. The first-order chi connectivity index (χ1) is 17.5. The Morgan fingerprint density at radius 2 is 1.53 bits per heavy atom. The largest absolute Gasteiger partial charge is 0.493 e. The highest BCUT2D eigenvalue weighted by Gasteiger charge is 2.27. The lowest BCUT2D eigenvalue weighted by Crippen LogP contribution is -2.38. The molecule has 36 heavy (non-hydrogen) atoms. The Bertz CT molecular complexity index is 1250. The lowest BCUT2D eigenvalue weighted by atomic mass is 9.89. The van der Waals surface area contributed by atoms with Crippen molar-refractivity contribution in [2.24, 2.45) is 5.92 Å². The Morgan fingerprint density at radius 3 is 2.22 bits per heavy atom. The highest BCUT2D eigenvalue weighted by Crippen LogP contribution is 2.32. The molecule has 0 spiro atoms. The molecule has 2 amide bonds. The maximum absolute atomic E-state index is 13.2. The number of benzene rings is 1. The number of hydrogen-bond acceptors (Lipinski definition) is 5. The van der Waals surface area contributed by atoms with E-state index < -0.39 is 0 Å². The van der Waals surface area contributed by atoms with Crippen LogP contribution in [0.2, 0.25) is 0 Å². The zero-order valence-corrected chi connectivity index (χ0v) is 21.3. The lowest BCUT2D eigenvalue weighted by Gasteiger charge is -2.32. The molecule has 2 aliphatic rings. The van der Waals surface area contributed by atoms with Gasteiger partial charge in [0, 0.05) is 37.9 Å². The summed E-state index contributed by atoms with van der Waals surface area (Å²) in [4.78, 5) is 30.2. The van der Waals surface area contributed by atoms with Crippen LogP contribution in [-0.2, 0) is 0 Å². The van der Waals surface area contributed by atoms with Gasteiger partial charge >= 0.3 is 0 Å². The molecule has 2 aromatic heterocycles. The van der Waals surface area contributed by atoms with E-state index in [1.165, 1.54) is 5.56 Å². The summed E-state index contributed by atoms with van der Waals surface area (Å²) in [6.07, 6.45) is 7.49. The van der Waals surface area contributed by atoms with Crippen LogP contribution in [0.5, 0.6) is 11.5 Å². The number of carbonyl (C=O) groups excluding carboxylic acids is 2. The number of hydrogen-bond donors (Lipinski definition) is 0. The average molecular weight is 491 g/mol. The van der Waals surface area contributed by atoms with Gasteiger partial charge in [0.15, 0.2) is 11.5 Å². The second-order valence-electron chi connectivity index (χ2n) is 9.96. The fourth-order valence-corrected chi connectivity index (χ4v) is 5.37. The zero-order chi connectivity index (χ0) is 25.2. The molecule has 0 unspecified atom stereocenters. The van der Waals surface area contributed by atoms with Crippen LogP contribution < -0.4 is 9.47 Å². The van der Waals surface area contributed by atoms with Gasteiger partial charge in [-0.3, -0.25) is 9.59 Å². The summed E-state index contributed by atoms with van der Waals surface area (Å²) in [6, 6.07) is 9.49. The van der Waals surface area contributed by atoms with E-state index in [1.54, 1.807) is 43.1 Å². The Kier molecular flexibility index (Phi) is 6.85. The summed E-state index contributed by atoms with van der Waals surface area (Å²) in [5.74, 6) is 2.24. The van der Waals surface area contributed by atoms with E-state index in [0.29, 0.717) is 47.6 Å². The van der Waals surface area contributed by atoms with E-state index in [9.17, 15) is 9.59 Å². The number of pyridine rings is 1. The van der Waals surface area contributed by atoms with E-state index in [-0.39, 0.29) is 11.8 Å². The number of fused-ring (bicyclic) bond motifs is 1. The molecule has 0 bridgehead atoms. The molecule has 0 saturated carbocycles. The molecule has 2 saturated heterocycles. The number of likely N-dealkylation sites (tertiary alicyclic amines) is 2. The van der Waals surface area contributed by atoms with Gasteiger partial charge in [0.25, 0.3) is 11.8 Å². The Balaban J connectivity index is 1.27. The number of rotatable bonds is 5. The third-order valence-corrected chi connectivity index (χ3v) is 7.73. The minimum Gasteiger partial charge on any atom is -0.493 e. The van der Waals surface area contributed by atoms with Crippen molar-refractivity contribution >= 4 is 17.3 Å². The maximum atomic E-state index is 13.2. The van der Waals surface area contributed by atoms with Crippen LogP contribution in [0, 0.1) is 5.92 Å². The topological polar surface area (TPSA) is 76.4 Å². The monoisotopic (exact) mass is 490 g/mol. The number of piperidine rings is 2. The third kappa shape index (κ3) is 4.64. The molecular formula is C28H34N4O4. The molecule has 3 aromatic rings. The first-order valence-electron chi connectivity index (χ1n) is 12.8. The Morgan fingerprint density at radius 1 is 0.861 bits per heavy atom. The van der Waals surface area contributed by atoms with Crippen molar-refractivity contribution < 1.29 is 19.1 Å². The van der Waals surface area contributed by atoms with Gasteiger partial charge in [0.2, 0.25) is 0 Å². The van der Waals surface area contributed by atoms with Gasteiger partial charge in [-0.1, -0.05) is 6.92 Å². The van der Waals surface area contributed by atoms with Gasteiger partial charge in [-0.25, -0.2) is 4.52 Å². The van der Waals surface area contributed by atoms with Gasteiger partial charge in [-0.15, -0.1) is 0 Å². The van der Waals surface area contributed by atoms with E-state index in [2.05, 4.69) is 24.2 Å². The average Bonchev–Trinajstić information content (AvgIpc) is 3.35. The molecule has 1 aromatic carbocycles. The van der Waals surface area contributed by atoms with Crippen LogP contribution >= 0.6 is 0 Å². The normalized spacial score (nSPS) is 17.4. The number of aromatic nitrogens is 2. The number of methoxy groups -OCH3 is 2. The minimum atomic E-state index is 0.00405. The summed E-state index contributed by atoms with van der Waals surface area (Å²) in [5.41, 5.74) is 3.33. The standard InChI is InChI=1S/C28H34N4O4/c1-19-6-11-31(12-7-19)28(34)23-18-29-32-15-10-21(16-24(23)32)20-8-13-30(14-9-20)27(33)22-4-5-25(35-2)26(17-22)36-3/h4-5,10,15-20H,6-9,11-14H2,1-3H3. The fourth-order valence-electron chi connectivity index (χ4n) is 5.37. The summed E-state index contributed by atoms with van der Waals surface area (Å²) < 4.78 is 12.4. The van der Waals surface area contributed by atoms with Gasteiger partial charge in [0.05, 0.1) is 31.5 Å². The molecule has 0 N–H and O–H groups in total. The molecule has 0 atom stereocenters. The number of amides is 2. The molecule has 2 fully saturated rings. The van der Waals surface area contributed by atoms with Gasteiger partial charge in [0.1, 0.15) is 0 Å². The Labute approximate surface area is 211 Å². The lowest BCUT2D eigenvalue weighted by molar-refractivity contribution is 0.0695. The first-order valence-corrected chi connectivity index (χ1v) is 12.8. The maximum Gasteiger partial charge on any atom is 0.257 e. The number of nitrogens with zero attached hydrogens (tertiary/aromatic N) is 4. The van der Waals surface area contributed by atoms with E-state index in [4.69, 9.17) is 9.47 Å². The highest BCUT2D eigenvalue weighted by atomic mass is 16.5. The second kappa shape index (κ2) is 10.2. The van der Waals surface area contributed by atoms with Gasteiger partial charge in [-0.05, 0) is 73.4 Å². The summed E-state index contributed by atoms with van der Waals surface area (Å²) in [6.45, 7) is 5.23. The zero-order valence-electron chi connectivity index (χ0n) is 21.3. The SMILES string of the molecule is COc1ccc(C(=O)N2CCC(c3ccn4ncc(C(=O)N5CCC(C)CC5)c4c3)CC2)cc1OC. The third-order valence-electron chi connectivity index (χ3n) is 7.73. The summed E-state index contributed by atoms with van der Waals surface area (Å²) in [5, 5.41) is 4.43. The molecule has 4 heterocycles. The van der Waals surface area contributed by atoms with Crippen molar-refractivity contribution in [1.82, 2.24) is 19.4 Å². The van der Waals surface area contributed by atoms with Crippen LogP contribution in [0.3, 0.4) is 0 Å². The molecule has 190 valence electrons. The summed E-state index contributed by atoms with van der Waals surface area (Å²) >= 11 is 0. The van der Waals surface area contributed by atoms with Crippen molar-refractivity contribution in [3.8, 4) is 11.5 Å². The fraction of sp³-hybridized carbons (Fsp3) is 0.464. The van der Waals surface area contributed by atoms with Crippen molar-refractivity contribution in [2.75, 3.05) is 40.4 Å². The van der Waals surface area contributed by atoms with E-state index in [1.807, 2.05) is 16.0 Å². The van der Waals surface area contributed by atoms with Crippen molar-refractivity contribution in [3.63, 3.8) is 0 Å². The van der Waals surface area contributed by atoms with Crippen molar-refractivity contribution in [3.05, 3.63) is 59.4 Å². The van der Waals surface area contributed by atoms with Crippen molar-refractivity contribution in [1.29, 1.82) is 0 Å². The Hall–Kier alpha value is -3.55. The van der Waals surface area contributed by atoms with Crippen LogP contribution in [0.4, 0.5) is 0 Å². The van der Waals surface area contributed by atoms with Crippen molar-refractivity contribution in [2.45, 2.75) is 38.5 Å². The number of carbonyl (C=O) groups is 2. The van der Waals surface area contributed by atoms with E-state index >= 15 is 0 Å². The summed E-state index contributed by atoms with van der Waals surface area (Å²) in [7, 11) is 3.15. The van der Waals surface area contributed by atoms with Crippen LogP contribution in [0.25, 0.3) is 5.52 Å². The highest BCUT2D eigenvalue weighted by molar-refractivity contribution is 6.00. The first kappa shape index (κ1) is 24.2. The van der Waals surface area contributed by atoms with Gasteiger partial charge in [-0.2, -0.15) is 5.10 Å². The molecule has 2 aliphatic heterocycles. The van der Waals surface area contributed by atoms with Crippen LogP contribution in [0.1, 0.15) is 64.8 Å². The van der Waals surface area contributed by atoms with Crippen LogP contribution in [-0.4, -0.2) is 71.6 Å². The van der Waals surface area contributed by atoms with Gasteiger partial charge < -0.3 is 19.3 Å². The number of ether oxygens (including phenoxy) is 2. The molecule has 0 aliphatic carbocycles. The predicted molar refractivity (Wildman–Crippen MR) is 137 cm³/mol. The predicted octanol–water partition coefficient (Wildman–Crippen LogP) is 4.24. The molecule has 8 heteroatoms.